The summed E-state index contributed by atoms with van der Waals surface area (Å²) in [6.07, 6.45) is 1.23. The van der Waals surface area contributed by atoms with Crippen molar-refractivity contribution in [2.75, 3.05) is 5.32 Å². The number of carbonyl (C=O) groups is 1. The van der Waals surface area contributed by atoms with Gasteiger partial charge in [-0.25, -0.2) is 8.42 Å². The minimum atomic E-state index is -3.80. The second-order valence-electron chi connectivity index (χ2n) is 4.82. The van der Waals surface area contributed by atoms with Crippen molar-refractivity contribution >= 4 is 21.4 Å². The number of rotatable bonds is 3. The molecule has 112 valence electrons. The van der Waals surface area contributed by atoms with Gasteiger partial charge >= 0.3 is 0 Å². The number of anilines is 1. The molecule has 0 saturated heterocycles. The largest absolute Gasteiger partial charge is 0.359 e. The molecule has 22 heavy (non-hydrogen) atoms. The standard InChI is InChI=1S/C16H14N2O3S/c19-16(18-10-12-6-2-1-3-7-12)15-11-17-13-8-4-5-9-14(13)22(15,20)21/h1-9,11,17H,10H2,(H,18,19). The fraction of sp³-hybridized carbons (Fsp3) is 0.0625. The number of amides is 1. The van der Waals surface area contributed by atoms with E-state index < -0.39 is 15.7 Å². The highest BCUT2D eigenvalue weighted by Crippen LogP contribution is 2.30. The molecule has 1 amide bonds. The molecule has 6 heteroatoms. The molecule has 0 radical (unpaired) electrons. The van der Waals surface area contributed by atoms with Crippen LogP contribution in [0.25, 0.3) is 0 Å². The van der Waals surface area contributed by atoms with Crippen LogP contribution in [0.4, 0.5) is 5.69 Å². The lowest BCUT2D eigenvalue weighted by Crippen LogP contribution is -2.30. The van der Waals surface area contributed by atoms with Crippen LogP contribution < -0.4 is 10.6 Å². The Labute approximate surface area is 128 Å². The second kappa shape index (κ2) is 5.65. The number of benzene rings is 2. The maximum absolute atomic E-state index is 12.5. The van der Waals surface area contributed by atoms with E-state index in [1.807, 2.05) is 30.3 Å². The summed E-state index contributed by atoms with van der Waals surface area (Å²) in [6.45, 7) is 0.272. The van der Waals surface area contributed by atoms with E-state index in [9.17, 15) is 13.2 Å². The molecule has 0 atom stereocenters. The maximum atomic E-state index is 12.5. The molecule has 2 aromatic rings. The predicted molar refractivity (Wildman–Crippen MR) is 83.6 cm³/mol. The summed E-state index contributed by atoms with van der Waals surface area (Å²) in [5, 5.41) is 5.47. The van der Waals surface area contributed by atoms with E-state index in [1.165, 1.54) is 12.3 Å². The minimum absolute atomic E-state index is 0.113. The molecule has 2 N–H and O–H groups in total. The summed E-state index contributed by atoms with van der Waals surface area (Å²) in [5.41, 5.74) is 1.38. The average Bonchev–Trinajstić information content (AvgIpc) is 2.54. The summed E-state index contributed by atoms with van der Waals surface area (Å²) in [6, 6.07) is 15.8. The number of hydrogen-bond acceptors (Lipinski definition) is 4. The van der Waals surface area contributed by atoms with Crippen LogP contribution in [0.5, 0.6) is 0 Å². The third kappa shape index (κ3) is 2.60. The molecular weight excluding hydrogens is 300 g/mol. The lowest BCUT2D eigenvalue weighted by atomic mass is 10.2. The van der Waals surface area contributed by atoms with Crippen LogP contribution in [0, 0.1) is 0 Å². The summed E-state index contributed by atoms with van der Waals surface area (Å²) < 4.78 is 25.0. The molecule has 0 saturated carbocycles. The van der Waals surface area contributed by atoms with Gasteiger partial charge in [0.25, 0.3) is 5.91 Å². The lowest BCUT2D eigenvalue weighted by molar-refractivity contribution is -0.117. The minimum Gasteiger partial charge on any atom is -0.359 e. The Morgan fingerprint density at radius 2 is 1.68 bits per heavy atom. The molecule has 2 aromatic carbocycles. The van der Waals surface area contributed by atoms with Crippen LogP contribution in [-0.2, 0) is 21.2 Å². The third-order valence-corrected chi connectivity index (χ3v) is 5.16. The van der Waals surface area contributed by atoms with Gasteiger partial charge in [0.2, 0.25) is 9.84 Å². The van der Waals surface area contributed by atoms with Crippen molar-refractivity contribution in [3.05, 3.63) is 71.3 Å². The highest BCUT2D eigenvalue weighted by atomic mass is 32.2. The van der Waals surface area contributed by atoms with Crippen molar-refractivity contribution in [1.29, 1.82) is 0 Å². The van der Waals surface area contributed by atoms with Gasteiger partial charge in [-0.05, 0) is 17.7 Å². The molecule has 0 bridgehead atoms. The van der Waals surface area contributed by atoms with Gasteiger partial charge in [-0.3, -0.25) is 4.79 Å². The molecule has 0 aromatic heterocycles. The zero-order valence-corrected chi connectivity index (χ0v) is 12.4. The zero-order chi connectivity index (χ0) is 15.6. The first kappa shape index (κ1) is 14.3. The molecule has 1 aliphatic rings. The molecular formula is C16H14N2O3S. The lowest BCUT2D eigenvalue weighted by Gasteiger charge is -2.18. The van der Waals surface area contributed by atoms with Crippen LogP contribution >= 0.6 is 0 Å². The predicted octanol–water partition coefficient (Wildman–Crippen LogP) is 2.04. The number of para-hydroxylation sites is 1. The highest BCUT2D eigenvalue weighted by molar-refractivity contribution is 7.96. The third-order valence-electron chi connectivity index (χ3n) is 3.34. The fourth-order valence-corrected chi connectivity index (χ4v) is 3.65. The Hall–Kier alpha value is -2.60. The Kier molecular flexibility index (Phi) is 3.68. The number of fused-ring (bicyclic) bond motifs is 1. The van der Waals surface area contributed by atoms with Crippen LogP contribution in [0.15, 0.2) is 70.6 Å². The smallest absolute Gasteiger partial charge is 0.264 e. The number of hydrogen-bond donors (Lipinski definition) is 2. The van der Waals surface area contributed by atoms with Crippen LogP contribution in [0.3, 0.4) is 0 Å². The molecule has 1 aliphatic heterocycles. The van der Waals surface area contributed by atoms with E-state index >= 15 is 0 Å². The number of nitrogens with one attached hydrogen (secondary N) is 2. The van der Waals surface area contributed by atoms with E-state index in [1.54, 1.807) is 18.2 Å². The van der Waals surface area contributed by atoms with Crippen molar-refractivity contribution in [2.24, 2.45) is 0 Å². The van der Waals surface area contributed by atoms with E-state index in [2.05, 4.69) is 10.6 Å². The van der Waals surface area contributed by atoms with E-state index in [0.717, 1.165) is 5.56 Å². The van der Waals surface area contributed by atoms with Gasteiger partial charge in [0.15, 0.2) is 4.91 Å². The Bertz CT molecular complexity index is 843. The van der Waals surface area contributed by atoms with Gasteiger partial charge < -0.3 is 10.6 Å². The monoisotopic (exact) mass is 314 g/mol. The average molecular weight is 314 g/mol. The molecule has 0 fully saturated rings. The van der Waals surface area contributed by atoms with Crippen molar-refractivity contribution in [3.8, 4) is 0 Å². The summed E-state index contributed by atoms with van der Waals surface area (Å²) in [5.74, 6) is -0.620. The van der Waals surface area contributed by atoms with E-state index in [0.29, 0.717) is 5.69 Å². The quantitative estimate of drug-likeness (QED) is 0.909. The molecule has 0 aliphatic carbocycles. The first-order valence-corrected chi connectivity index (χ1v) is 8.20. The van der Waals surface area contributed by atoms with E-state index in [4.69, 9.17) is 0 Å². The second-order valence-corrected chi connectivity index (χ2v) is 6.71. The Balaban J connectivity index is 1.81. The van der Waals surface area contributed by atoms with Crippen molar-refractivity contribution < 1.29 is 13.2 Å². The Morgan fingerprint density at radius 1 is 1.00 bits per heavy atom. The normalized spacial score (nSPS) is 15.2. The number of carbonyl (C=O) groups excluding carboxylic acids is 1. The zero-order valence-electron chi connectivity index (χ0n) is 11.6. The van der Waals surface area contributed by atoms with Crippen molar-refractivity contribution in [1.82, 2.24) is 5.32 Å². The fourth-order valence-electron chi connectivity index (χ4n) is 2.21. The van der Waals surface area contributed by atoms with Gasteiger partial charge in [-0.1, -0.05) is 42.5 Å². The van der Waals surface area contributed by atoms with Gasteiger partial charge in [-0.2, -0.15) is 0 Å². The summed E-state index contributed by atoms with van der Waals surface area (Å²) in [7, 11) is -3.80. The van der Waals surface area contributed by atoms with E-state index in [-0.39, 0.29) is 16.3 Å². The molecule has 5 nitrogen and oxygen atoms in total. The maximum Gasteiger partial charge on any atom is 0.264 e. The van der Waals surface area contributed by atoms with Gasteiger partial charge in [0.1, 0.15) is 0 Å². The highest BCUT2D eigenvalue weighted by Gasteiger charge is 2.31. The van der Waals surface area contributed by atoms with Crippen LogP contribution in [0.1, 0.15) is 5.56 Å². The van der Waals surface area contributed by atoms with Gasteiger partial charge in [-0.15, -0.1) is 0 Å². The molecule has 0 spiro atoms. The van der Waals surface area contributed by atoms with Gasteiger partial charge in [0.05, 0.1) is 10.6 Å². The molecule has 1 heterocycles. The first-order chi connectivity index (χ1) is 10.6. The first-order valence-electron chi connectivity index (χ1n) is 6.72. The summed E-state index contributed by atoms with van der Waals surface area (Å²) in [4.78, 5) is 12.0. The van der Waals surface area contributed by atoms with Crippen molar-refractivity contribution in [3.63, 3.8) is 0 Å². The number of sulfone groups is 1. The van der Waals surface area contributed by atoms with Crippen LogP contribution in [-0.4, -0.2) is 14.3 Å². The molecule has 3 rings (SSSR count). The Morgan fingerprint density at radius 3 is 2.45 bits per heavy atom. The SMILES string of the molecule is O=C(NCc1ccccc1)C1=CNc2ccccc2S1(=O)=O. The van der Waals surface area contributed by atoms with Crippen LogP contribution in [0.2, 0.25) is 0 Å². The van der Waals surface area contributed by atoms with Crippen molar-refractivity contribution in [2.45, 2.75) is 11.4 Å². The summed E-state index contributed by atoms with van der Waals surface area (Å²) >= 11 is 0. The molecule has 0 unspecified atom stereocenters. The topological polar surface area (TPSA) is 75.3 Å². The van der Waals surface area contributed by atoms with Gasteiger partial charge in [0, 0.05) is 12.7 Å².